The van der Waals surface area contributed by atoms with Crippen molar-refractivity contribution in [1.29, 1.82) is 0 Å². The zero-order chi connectivity index (χ0) is 14.4. The van der Waals surface area contributed by atoms with Crippen LogP contribution < -0.4 is 5.32 Å². The first-order valence-corrected chi connectivity index (χ1v) is 8.32. The SMILES string of the molecule is CC(C)CNCc1nc(CSc2ccc(Br)cc2)no1. The zero-order valence-electron chi connectivity index (χ0n) is 11.6. The second-order valence-corrected chi connectivity index (χ2v) is 6.84. The number of aromatic nitrogens is 2. The molecule has 0 atom stereocenters. The monoisotopic (exact) mass is 355 g/mol. The molecular formula is C14H18BrN3OS. The molecular weight excluding hydrogens is 338 g/mol. The number of thioether (sulfide) groups is 1. The molecule has 2 rings (SSSR count). The van der Waals surface area contributed by atoms with Gasteiger partial charge >= 0.3 is 0 Å². The smallest absolute Gasteiger partial charge is 0.240 e. The molecule has 6 heteroatoms. The predicted octanol–water partition coefficient (Wildman–Crippen LogP) is 3.87. The van der Waals surface area contributed by atoms with Crippen molar-refractivity contribution >= 4 is 27.7 Å². The molecule has 0 unspecified atom stereocenters. The Bertz CT molecular complexity index is 527. The third kappa shape index (κ3) is 5.26. The lowest BCUT2D eigenvalue weighted by Crippen LogP contribution is -2.19. The summed E-state index contributed by atoms with van der Waals surface area (Å²) in [5.41, 5.74) is 0. The molecule has 0 amide bonds. The van der Waals surface area contributed by atoms with E-state index in [2.05, 4.69) is 57.4 Å². The summed E-state index contributed by atoms with van der Waals surface area (Å²) in [6, 6.07) is 8.19. The fraction of sp³-hybridized carbons (Fsp3) is 0.429. The zero-order valence-corrected chi connectivity index (χ0v) is 14.0. The minimum atomic E-state index is 0.616. The van der Waals surface area contributed by atoms with Gasteiger partial charge in [-0.15, -0.1) is 11.8 Å². The number of halogens is 1. The van der Waals surface area contributed by atoms with Crippen molar-refractivity contribution in [2.75, 3.05) is 6.54 Å². The van der Waals surface area contributed by atoms with Crippen LogP contribution in [-0.4, -0.2) is 16.7 Å². The molecule has 0 radical (unpaired) electrons. The van der Waals surface area contributed by atoms with Crippen molar-refractivity contribution in [2.45, 2.75) is 31.0 Å². The molecule has 4 nitrogen and oxygen atoms in total. The van der Waals surface area contributed by atoms with Gasteiger partial charge in [-0.05, 0) is 36.7 Å². The van der Waals surface area contributed by atoms with Gasteiger partial charge in [-0.25, -0.2) is 0 Å². The number of nitrogens with zero attached hydrogens (tertiary/aromatic N) is 2. The van der Waals surface area contributed by atoms with Gasteiger partial charge in [0.2, 0.25) is 5.89 Å². The van der Waals surface area contributed by atoms with Gasteiger partial charge < -0.3 is 9.84 Å². The summed E-state index contributed by atoms with van der Waals surface area (Å²) in [6.07, 6.45) is 0. The molecule has 0 aliphatic rings. The van der Waals surface area contributed by atoms with Crippen LogP contribution in [0, 0.1) is 5.92 Å². The van der Waals surface area contributed by atoms with Crippen molar-refractivity contribution in [1.82, 2.24) is 15.5 Å². The van der Waals surface area contributed by atoms with Crippen LogP contribution in [0.3, 0.4) is 0 Å². The maximum atomic E-state index is 5.21. The Morgan fingerprint density at radius 1 is 1.30 bits per heavy atom. The first kappa shape index (κ1) is 15.5. The van der Waals surface area contributed by atoms with E-state index in [1.165, 1.54) is 4.90 Å². The lowest BCUT2D eigenvalue weighted by atomic mass is 10.2. The van der Waals surface area contributed by atoms with E-state index < -0.39 is 0 Å². The molecule has 1 aromatic carbocycles. The van der Waals surface area contributed by atoms with Crippen molar-refractivity contribution < 1.29 is 4.52 Å². The van der Waals surface area contributed by atoms with Crippen LogP contribution in [0.2, 0.25) is 0 Å². The van der Waals surface area contributed by atoms with Crippen molar-refractivity contribution in [2.24, 2.45) is 5.92 Å². The van der Waals surface area contributed by atoms with Crippen molar-refractivity contribution in [3.63, 3.8) is 0 Å². The standard InChI is InChI=1S/C14H18BrN3OS/c1-10(2)7-16-8-14-17-13(18-19-14)9-20-12-5-3-11(15)4-6-12/h3-6,10,16H,7-9H2,1-2H3. The summed E-state index contributed by atoms with van der Waals surface area (Å²) in [6.45, 7) is 5.92. The Morgan fingerprint density at radius 2 is 2.05 bits per heavy atom. The molecule has 1 N–H and O–H groups in total. The van der Waals surface area contributed by atoms with Crippen LogP contribution in [0.5, 0.6) is 0 Å². The number of hydrogen-bond donors (Lipinski definition) is 1. The molecule has 1 aromatic heterocycles. The summed E-state index contributed by atoms with van der Waals surface area (Å²) < 4.78 is 6.29. The summed E-state index contributed by atoms with van der Waals surface area (Å²) >= 11 is 5.12. The van der Waals surface area contributed by atoms with E-state index in [-0.39, 0.29) is 0 Å². The minimum absolute atomic E-state index is 0.616. The van der Waals surface area contributed by atoms with Crippen molar-refractivity contribution in [3.8, 4) is 0 Å². The molecule has 0 bridgehead atoms. The Morgan fingerprint density at radius 3 is 2.75 bits per heavy atom. The second kappa shape index (κ2) is 7.81. The van der Waals surface area contributed by atoms with Crippen LogP contribution in [0.25, 0.3) is 0 Å². The quantitative estimate of drug-likeness (QED) is 0.764. The average Bonchev–Trinajstić information content (AvgIpc) is 2.86. The number of nitrogens with one attached hydrogen (secondary N) is 1. The summed E-state index contributed by atoms with van der Waals surface area (Å²) in [5, 5.41) is 7.28. The first-order valence-electron chi connectivity index (χ1n) is 6.54. The van der Waals surface area contributed by atoms with E-state index in [0.29, 0.717) is 18.4 Å². The van der Waals surface area contributed by atoms with Crippen LogP contribution in [0.15, 0.2) is 38.2 Å². The fourth-order valence-corrected chi connectivity index (χ4v) is 2.57. The molecule has 20 heavy (non-hydrogen) atoms. The van der Waals surface area contributed by atoms with Crippen LogP contribution in [0.4, 0.5) is 0 Å². The van der Waals surface area contributed by atoms with Gasteiger partial charge in [0.15, 0.2) is 5.82 Å². The van der Waals surface area contributed by atoms with Gasteiger partial charge in [-0.2, -0.15) is 4.98 Å². The summed E-state index contributed by atoms with van der Waals surface area (Å²) in [5.74, 6) is 2.72. The van der Waals surface area contributed by atoms with Crippen LogP contribution in [-0.2, 0) is 12.3 Å². The largest absolute Gasteiger partial charge is 0.338 e. The third-order valence-electron chi connectivity index (χ3n) is 2.52. The van der Waals surface area contributed by atoms with E-state index in [1.807, 2.05) is 12.1 Å². The molecule has 0 saturated carbocycles. The van der Waals surface area contributed by atoms with Gasteiger partial charge in [0.25, 0.3) is 0 Å². The Hall–Kier alpha value is -0.850. The normalized spacial score (nSPS) is 11.2. The van der Waals surface area contributed by atoms with Gasteiger partial charge in [-0.1, -0.05) is 34.9 Å². The lowest BCUT2D eigenvalue weighted by molar-refractivity contribution is 0.360. The van der Waals surface area contributed by atoms with Gasteiger partial charge in [0.05, 0.1) is 12.3 Å². The molecule has 0 aliphatic carbocycles. The van der Waals surface area contributed by atoms with Crippen LogP contribution >= 0.6 is 27.7 Å². The topological polar surface area (TPSA) is 51.0 Å². The highest BCUT2D eigenvalue weighted by Crippen LogP contribution is 2.23. The molecule has 0 aliphatic heterocycles. The molecule has 1 heterocycles. The molecule has 0 fully saturated rings. The van der Waals surface area contributed by atoms with E-state index in [1.54, 1.807) is 11.8 Å². The third-order valence-corrected chi connectivity index (χ3v) is 4.06. The Kier molecular flexibility index (Phi) is 6.06. The Labute approximate surface area is 131 Å². The first-order chi connectivity index (χ1) is 9.63. The second-order valence-electron chi connectivity index (χ2n) is 4.87. The number of benzene rings is 1. The van der Waals surface area contributed by atoms with E-state index >= 15 is 0 Å². The lowest BCUT2D eigenvalue weighted by Gasteiger charge is -2.03. The fourth-order valence-electron chi connectivity index (χ4n) is 1.57. The highest BCUT2D eigenvalue weighted by atomic mass is 79.9. The molecule has 0 saturated heterocycles. The highest BCUT2D eigenvalue weighted by Gasteiger charge is 2.06. The molecule has 0 spiro atoms. The molecule has 108 valence electrons. The maximum absolute atomic E-state index is 5.21. The summed E-state index contributed by atoms with van der Waals surface area (Å²) in [4.78, 5) is 5.56. The highest BCUT2D eigenvalue weighted by molar-refractivity contribution is 9.10. The van der Waals surface area contributed by atoms with Gasteiger partial charge in [-0.3, -0.25) is 0 Å². The van der Waals surface area contributed by atoms with E-state index in [4.69, 9.17) is 4.52 Å². The minimum Gasteiger partial charge on any atom is -0.338 e. The molecule has 2 aromatic rings. The van der Waals surface area contributed by atoms with E-state index in [9.17, 15) is 0 Å². The van der Waals surface area contributed by atoms with E-state index in [0.717, 1.165) is 22.6 Å². The Balaban J connectivity index is 1.79. The number of rotatable bonds is 7. The summed E-state index contributed by atoms with van der Waals surface area (Å²) in [7, 11) is 0. The predicted molar refractivity (Wildman–Crippen MR) is 84.5 cm³/mol. The number of hydrogen-bond acceptors (Lipinski definition) is 5. The van der Waals surface area contributed by atoms with Gasteiger partial charge in [0, 0.05) is 9.37 Å². The average molecular weight is 356 g/mol. The van der Waals surface area contributed by atoms with Gasteiger partial charge in [0.1, 0.15) is 0 Å². The van der Waals surface area contributed by atoms with Crippen molar-refractivity contribution in [3.05, 3.63) is 40.5 Å². The maximum Gasteiger partial charge on any atom is 0.240 e. The van der Waals surface area contributed by atoms with Crippen LogP contribution in [0.1, 0.15) is 25.6 Å².